The lowest BCUT2D eigenvalue weighted by Gasteiger charge is -2.30. The molecule has 4 nitrogen and oxygen atoms in total. The van der Waals surface area contributed by atoms with Crippen LogP contribution in [-0.4, -0.2) is 25.3 Å². The number of rotatable bonds is 7. The number of carbonyl (C=O) groups is 1. The van der Waals surface area contributed by atoms with Crippen molar-refractivity contribution in [3.8, 4) is 0 Å². The maximum atomic E-state index is 12.1. The van der Waals surface area contributed by atoms with E-state index >= 15 is 0 Å². The van der Waals surface area contributed by atoms with Gasteiger partial charge in [-0.3, -0.25) is 0 Å². The molecule has 0 spiro atoms. The van der Waals surface area contributed by atoms with Gasteiger partial charge in [0.15, 0.2) is 0 Å². The standard InChI is InChI=1S/C16H25NO3/c1-5-15(2,3)20-12-11-16(17,14(18)19-4)13-9-7-6-8-10-13/h6-10H,5,11-12,17H2,1-4H3. The van der Waals surface area contributed by atoms with Crippen molar-refractivity contribution in [1.82, 2.24) is 0 Å². The Bertz CT molecular complexity index is 431. The minimum Gasteiger partial charge on any atom is -0.467 e. The average Bonchev–Trinajstić information content (AvgIpc) is 2.46. The topological polar surface area (TPSA) is 61.5 Å². The minimum atomic E-state index is -1.17. The van der Waals surface area contributed by atoms with Crippen LogP contribution in [0.25, 0.3) is 0 Å². The van der Waals surface area contributed by atoms with E-state index < -0.39 is 11.5 Å². The van der Waals surface area contributed by atoms with Crippen LogP contribution in [0.2, 0.25) is 0 Å². The van der Waals surface area contributed by atoms with E-state index in [-0.39, 0.29) is 5.60 Å². The smallest absolute Gasteiger partial charge is 0.330 e. The molecule has 1 aromatic carbocycles. The van der Waals surface area contributed by atoms with E-state index in [1.807, 2.05) is 44.2 Å². The zero-order valence-electron chi connectivity index (χ0n) is 12.8. The number of esters is 1. The van der Waals surface area contributed by atoms with Gasteiger partial charge in [0.25, 0.3) is 0 Å². The number of carbonyl (C=O) groups excluding carboxylic acids is 1. The summed E-state index contributed by atoms with van der Waals surface area (Å²) in [4.78, 5) is 12.1. The van der Waals surface area contributed by atoms with Gasteiger partial charge in [-0.1, -0.05) is 37.3 Å². The summed E-state index contributed by atoms with van der Waals surface area (Å²) in [6, 6.07) is 9.27. The number of hydrogen-bond acceptors (Lipinski definition) is 4. The lowest BCUT2D eigenvalue weighted by atomic mass is 9.88. The second kappa shape index (κ2) is 6.86. The first-order chi connectivity index (χ1) is 9.35. The number of ether oxygens (including phenoxy) is 2. The van der Waals surface area contributed by atoms with Crippen molar-refractivity contribution in [3.63, 3.8) is 0 Å². The first-order valence-corrected chi connectivity index (χ1v) is 6.92. The Labute approximate surface area is 121 Å². The molecule has 4 heteroatoms. The van der Waals surface area contributed by atoms with Gasteiger partial charge >= 0.3 is 5.97 Å². The van der Waals surface area contributed by atoms with Crippen LogP contribution in [0.5, 0.6) is 0 Å². The van der Waals surface area contributed by atoms with E-state index in [1.54, 1.807) is 0 Å². The number of benzene rings is 1. The van der Waals surface area contributed by atoms with E-state index in [4.69, 9.17) is 15.2 Å². The fourth-order valence-electron chi connectivity index (χ4n) is 1.87. The first-order valence-electron chi connectivity index (χ1n) is 6.92. The fraction of sp³-hybridized carbons (Fsp3) is 0.562. The lowest BCUT2D eigenvalue weighted by molar-refractivity contribution is -0.149. The fourth-order valence-corrected chi connectivity index (χ4v) is 1.87. The van der Waals surface area contributed by atoms with E-state index in [9.17, 15) is 4.79 Å². The van der Waals surface area contributed by atoms with Gasteiger partial charge in [0.2, 0.25) is 0 Å². The molecule has 20 heavy (non-hydrogen) atoms. The molecule has 0 saturated heterocycles. The molecular formula is C16H25NO3. The Kier molecular flexibility index (Phi) is 5.72. The predicted molar refractivity (Wildman–Crippen MR) is 79.3 cm³/mol. The molecule has 0 fully saturated rings. The van der Waals surface area contributed by atoms with Crippen molar-refractivity contribution in [3.05, 3.63) is 35.9 Å². The predicted octanol–water partition coefficient (Wildman–Crippen LogP) is 2.61. The van der Waals surface area contributed by atoms with Crippen molar-refractivity contribution < 1.29 is 14.3 Å². The molecule has 0 aliphatic carbocycles. The molecule has 1 aromatic rings. The van der Waals surface area contributed by atoms with E-state index in [0.29, 0.717) is 13.0 Å². The Balaban J connectivity index is 2.84. The lowest BCUT2D eigenvalue weighted by Crippen LogP contribution is -2.47. The Morgan fingerprint density at radius 1 is 1.25 bits per heavy atom. The molecular weight excluding hydrogens is 254 g/mol. The average molecular weight is 279 g/mol. The number of methoxy groups -OCH3 is 1. The van der Waals surface area contributed by atoms with E-state index in [2.05, 4.69) is 6.92 Å². The summed E-state index contributed by atoms with van der Waals surface area (Å²) in [7, 11) is 1.35. The summed E-state index contributed by atoms with van der Waals surface area (Å²) in [5, 5.41) is 0. The monoisotopic (exact) mass is 279 g/mol. The highest BCUT2D eigenvalue weighted by Gasteiger charge is 2.37. The van der Waals surface area contributed by atoms with Crippen LogP contribution in [0.15, 0.2) is 30.3 Å². The maximum Gasteiger partial charge on any atom is 0.330 e. The van der Waals surface area contributed by atoms with Crippen molar-refractivity contribution in [2.24, 2.45) is 5.73 Å². The molecule has 112 valence electrons. The van der Waals surface area contributed by atoms with Crippen molar-refractivity contribution >= 4 is 5.97 Å². The maximum absolute atomic E-state index is 12.1. The molecule has 0 bridgehead atoms. The molecule has 0 amide bonds. The van der Waals surface area contributed by atoms with Crippen LogP contribution in [0.3, 0.4) is 0 Å². The van der Waals surface area contributed by atoms with Crippen molar-refractivity contribution in [1.29, 1.82) is 0 Å². The third kappa shape index (κ3) is 4.05. The molecule has 0 aromatic heterocycles. The summed E-state index contributed by atoms with van der Waals surface area (Å²) in [5.74, 6) is -0.443. The number of nitrogens with two attached hydrogens (primary N) is 1. The van der Waals surface area contributed by atoms with Gasteiger partial charge in [0.05, 0.1) is 12.7 Å². The molecule has 0 heterocycles. The highest BCUT2D eigenvalue weighted by atomic mass is 16.5. The van der Waals surface area contributed by atoms with Gasteiger partial charge in [-0.05, 0) is 25.8 Å². The van der Waals surface area contributed by atoms with Gasteiger partial charge < -0.3 is 15.2 Å². The molecule has 0 aliphatic rings. The minimum absolute atomic E-state index is 0.215. The van der Waals surface area contributed by atoms with E-state index in [1.165, 1.54) is 7.11 Å². The van der Waals surface area contributed by atoms with Gasteiger partial charge in [0.1, 0.15) is 5.54 Å². The van der Waals surface area contributed by atoms with Gasteiger partial charge in [-0.25, -0.2) is 4.79 Å². The highest BCUT2D eigenvalue weighted by molar-refractivity contribution is 5.82. The molecule has 1 atom stereocenters. The molecule has 2 N–H and O–H groups in total. The van der Waals surface area contributed by atoms with Gasteiger partial charge in [-0.2, -0.15) is 0 Å². The van der Waals surface area contributed by atoms with Gasteiger partial charge in [-0.15, -0.1) is 0 Å². The first kappa shape index (κ1) is 16.7. The largest absolute Gasteiger partial charge is 0.467 e. The summed E-state index contributed by atoms with van der Waals surface area (Å²) in [6.07, 6.45) is 1.28. The van der Waals surface area contributed by atoms with Gasteiger partial charge in [0, 0.05) is 13.0 Å². The summed E-state index contributed by atoms with van der Waals surface area (Å²) >= 11 is 0. The Hall–Kier alpha value is -1.39. The van der Waals surface area contributed by atoms with Crippen molar-refractivity contribution in [2.45, 2.75) is 44.8 Å². The number of hydrogen-bond donors (Lipinski definition) is 1. The molecule has 1 rings (SSSR count). The third-order valence-electron chi connectivity index (χ3n) is 3.68. The molecule has 0 saturated carbocycles. The van der Waals surface area contributed by atoms with Crippen LogP contribution in [0.4, 0.5) is 0 Å². The van der Waals surface area contributed by atoms with Crippen molar-refractivity contribution in [2.75, 3.05) is 13.7 Å². The van der Waals surface area contributed by atoms with Crippen LogP contribution >= 0.6 is 0 Å². The van der Waals surface area contributed by atoms with Crippen LogP contribution in [-0.2, 0) is 19.8 Å². The normalized spacial score (nSPS) is 14.7. The Morgan fingerprint density at radius 3 is 2.35 bits per heavy atom. The van der Waals surface area contributed by atoms with Crippen LogP contribution < -0.4 is 5.73 Å². The molecule has 0 aliphatic heterocycles. The second-order valence-electron chi connectivity index (χ2n) is 5.54. The van der Waals surface area contributed by atoms with E-state index in [0.717, 1.165) is 12.0 Å². The Morgan fingerprint density at radius 2 is 1.85 bits per heavy atom. The molecule has 0 radical (unpaired) electrons. The summed E-state index contributed by atoms with van der Waals surface area (Å²) in [5.41, 5.74) is 5.65. The zero-order valence-corrected chi connectivity index (χ0v) is 12.8. The SMILES string of the molecule is CCC(C)(C)OCCC(N)(C(=O)OC)c1ccccc1. The quantitative estimate of drug-likeness (QED) is 0.779. The summed E-state index contributed by atoms with van der Waals surface area (Å²) < 4.78 is 10.7. The van der Waals surface area contributed by atoms with Crippen LogP contribution in [0, 0.1) is 0 Å². The second-order valence-corrected chi connectivity index (χ2v) is 5.54. The molecule has 1 unspecified atom stereocenters. The van der Waals surface area contributed by atoms with Crippen LogP contribution in [0.1, 0.15) is 39.2 Å². The third-order valence-corrected chi connectivity index (χ3v) is 3.68. The summed E-state index contributed by atoms with van der Waals surface area (Å²) in [6.45, 7) is 6.51. The highest BCUT2D eigenvalue weighted by Crippen LogP contribution is 2.25. The zero-order chi connectivity index (χ0) is 15.2.